The molecule has 0 bridgehead atoms. The second-order valence-electron chi connectivity index (χ2n) is 8.69. The molecule has 9 nitrogen and oxygen atoms in total. The molecule has 0 fully saturated rings. The summed E-state index contributed by atoms with van der Waals surface area (Å²) in [4.78, 5) is 12.8. The lowest BCUT2D eigenvalue weighted by Gasteiger charge is -2.23. The van der Waals surface area contributed by atoms with E-state index in [2.05, 4.69) is 40.1 Å². The zero-order chi connectivity index (χ0) is 26.1. The van der Waals surface area contributed by atoms with E-state index in [0.29, 0.717) is 5.02 Å². The maximum Gasteiger partial charge on any atom is 0.295 e. The number of fused-ring (bicyclic) bond motifs is 1. The standard InChI is InChI=1S/C25H24ClN5O4S/c1-25(2)20-6-4-5-7-22(20)30(3)24(25)14-15-27-28-21-13-12-19(16-23(21)31(32)33)36(34,35)29-18-10-8-17(26)9-11-18/h4-16,28-29H,1-3H3/b24-14-,27-15+. The van der Waals surface area contributed by atoms with Gasteiger partial charge < -0.3 is 4.90 Å². The third-order valence-corrected chi connectivity index (χ3v) is 7.64. The van der Waals surface area contributed by atoms with E-state index in [0.717, 1.165) is 17.5 Å². The van der Waals surface area contributed by atoms with Crippen LogP contribution in [0.2, 0.25) is 5.02 Å². The highest BCUT2D eigenvalue weighted by Gasteiger charge is 2.37. The maximum atomic E-state index is 12.7. The van der Waals surface area contributed by atoms with E-state index in [9.17, 15) is 18.5 Å². The largest absolute Gasteiger partial charge is 0.347 e. The topological polar surface area (TPSA) is 117 Å². The maximum absolute atomic E-state index is 12.7. The Bertz CT molecular complexity index is 1480. The zero-order valence-corrected chi connectivity index (χ0v) is 21.3. The second kappa shape index (κ2) is 9.63. The van der Waals surface area contributed by atoms with Crippen molar-refractivity contribution in [2.45, 2.75) is 24.2 Å². The minimum atomic E-state index is -4.06. The van der Waals surface area contributed by atoms with Crippen LogP contribution in [-0.4, -0.2) is 26.6 Å². The predicted molar refractivity (Wildman–Crippen MR) is 143 cm³/mol. The van der Waals surface area contributed by atoms with Gasteiger partial charge in [-0.3, -0.25) is 20.3 Å². The summed E-state index contributed by atoms with van der Waals surface area (Å²) in [7, 11) is -2.08. The van der Waals surface area contributed by atoms with Crippen molar-refractivity contribution < 1.29 is 13.3 Å². The minimum absolute atomic E-state index is 0.0578. The smallest absolute Gasteiger partial charge is 0.295 e. The number of rotatable bonds is 7. The van der Waals surface area contributed by atoms with Gasteiger partial charge in [0.15, 0.2) is 0 Å². The highest BCUT2D eigenvalue weighted by Crippen LogP contribution is 2.46. The van der Waals surface area contributed by atoms with Gasteiger partial charge in [0, 0.05) is 46.8 Å². The fourth-order valence-corrected chi connectivity index (χ4v) is 5.38. The van der Waals surface area contributed by atoms with Gasteiger partial charge in [-0.05, 0) is 54.1 Å². The summed E-state index contributed by atoms with van der Waals surface area (Å²) in [5, 5.41) is 16.2. The lowest BCUT2D eigenvalue weighted by atomic mass is 9.84. The summed E-state index contributed by atoms with van der Waals surface area (Å²) in [6, 6.07) is 17.7. The molecule has 0 spiro atoms. The Hall–Kier alpha value is -3.89. The normalized spacial score (nSPS) is 15.8. The first-order valence-corrected chi connectivity index (χ1v) is 12.8. The monoisotopic (exact) mass is 525 g/mol. The Balaban J connectivity index is 1.54. The van der Waals surface area contributed by atoms with Crippen molar-refractivity contribution in [1.82, 2.24) is 0 Å². The number of hydrogen-bond donors (Lipinski definition) is 2. The van der Waals surface area contributed by atoms with Gasteiger partial charge in [-0.25, -0.2) is 8.42 Å². The number of anilines is 3. The molecule has 3 aromatic rings. The molecule has 0 unspecified atom stereocenters. The molecule has 0 aromatic heterocycles. The van der Waals surface area contributed by atoms with Crippen molar-refractivity contribution in [1.29, 1.82) is 0 Å². The van der Waals surface area contributed by atoms with Crippen LogP contribution in [0.25, 0.3) is 0 Å². The van der Waals surface area contributed by atoms with Gasteiger partial charge in [0.1, 0.15) is 5.69 Å². The number of nitrogens with zero attached hydrogens (tertiary/aromatic N) is 3. The minimum Gasteiger partial charge on any atom is -0.347 e. The summed E-state index contributed by atoms with van der Waals surface area (Å²) in [6.45, 7) is 4.23. The summed E-state index contributed by atoms with van der Waals surface area (Å²) < 4.78 is 27.9. The van der Waals surface area contributed by atoms with Crippen molar-refractivity contribution in [3.8, 4) is 0 Å². The first-order valence-electron chi connectivity index (χ1n) is 10.9. The van der Waals surface area contributed by atoms with Gasteiger partial charge in [-0.15, -0.1) is 0 Å². The van der Waals surface area contributed by atoms with Crippen molar-refractivity contribution >= 4 is 50.6 Å². The summed E-state index contributed by atoms with van der Waals surface area (Å²) in [6.07, 6.45) is 3.36. The van der Waals surface area contributed by atoms with Gasteiger partial charge in [0.05, 0.1) is 9.82 Å². The molecule has 1 aliphatic heterocycles. The number of nitrogens with one attached hydrogen (secondary N) is 2. The molecule has 1 aliphatic rings. The van der Waals surface area contributed by atoms with Crippen molar-refractivity contribution in [2.75, 3.05) is 22.1 Å². The predicted octanol–water partition coefficient (Wildman–Crippen LogP) is 5.76. The Morgan fingerprint density at radius 1 is 1.08 bits per heavy atom. The van der Waals surface area contributed by atoms with Crippen LogP contribution < -0.4 is 15.0 Å². The van der Waals surface area contributed by atoms with Crippen LogP contribution in [0.3, 0.4) is 0 Å². The van der Waals surface area contributed by atoms with Gasteiger partial charge in [-0.2, -0.15) is 5.10 Å². The summed E-state index contributed by atoms with van der Waals surface area (Å²) >= 11 is 5.83. The fourth-order valence-electron chi connectivity index (χ4n) is 4.17. The number of benzene rings is 3. The number of hydrogen-bond acceptors (Lipinski definition) is 7. The van der Waals surface area contributed by atoms with E-state index in [-0.39, 0.29) is 21.7 Å². The van der Waals surface area contributed by atoms with Gasteiger partial charge >= 0.3 is 0 Å². The van der Waals surface area contributed by atoms with Gasteiger partial charge in [0.2, 0.25) is 0 Å². The number of nitro benzene ring substituents is 1. The molecule has 11 heteroatoms. The number of halogens is 1. The number of para-hydroxylation sites is 1. The number of nitro groups is 1. The van der Waals surface area contributed by atoms with Crippen LogP contribution in [0.4, 0.5) is 22.7 Å². The molecule has 0 aliphatic carbocycles. The molecule has 0 amide bonds. The van der Waals surface area contributed by atoms with E-state index in [1.165, 1.54) is 48.2 Å². The number of likely N-dealkylation sites (N-methyl/N-ethyl adjacent to an activating group) is 1. The number of hydrazone groups is 1. The van der Waals surface area contributed by atoms with E-state index < -0.39 is 20.6 Å². The Morgan fingerprint density at radius 2 is 1.78 bits per heavy atom. The summed E-state index contributed by atoms with van der Waals surface area (Å²) in [5.74, 6) is 0. The van der Waals surface area contributed by atoms with Crippen LogP contribution in [0.5, 0.6) is 0 Å². The molecule has 0 atom stereocenters. The third kappa shape index (κ3) is 4.91. The van der Waals surface area contributed by atoms with Crippen molar-refractivity contribution in [3.05, 3.63) is 99.2 Å². The number of sulfonamides is 1. The molecule has 4 rings (SSSR count). The molecule has 186 valence electrons. The van der Waals surface area contributed by atoms with Crippen molar-refractivity contribution in [3.63, 3.8) is 0 Å². The summed E-state index contributed by atoms with van der Waals surface area (Å²) in [5.41, 5.74) is 5.64. The van der Waals surface area contributed by atoms with Crippen LogP contribution in [0.15, 0.2) is 88.5 Å². The molecular formula is C25H24ClN5O4S. The lowest BCUT2D eigenvalue weighted by Crippen LogP contribution is -2.23. The van der Waals surface area contributed by atoms with Crippen LogP contribution in [-0.2, 0) is 15.4 Å². The molecule has 0 saturated heterocycles. The van der Waals surface area contributed by atoms with E-state index in [1.54, 1.807) is 0 Å². The van der Waals surface area contributed by atoms with E-state index in [4.69, 9.17) is 11.6 Å². The molecular weight excluding hydrogens is 502 g/mol. The first kappa shape index (κ1) is 25.2. The molecule has 0 radical (unpaired) electrons. The highest BCUT2D eigenvalue weighted by atomic mass is 35.5. The Labute approximate surface area is 214 Å². The molecule has 0 saturated carbocycles. The van der Waals surface area contributed by atoms with Crippen molar-refractivity contribution in [2.24, 2.45) is 5.10 Å². The van der Waals surface area contributed by atoms with E-state index in [1.807, 2.05) is 31.3 Å². The van der Waals surface area contributed by atoms with Gasteiger partial charge in [-0.1, -0.05) is 43.6 Å². The average Bonchev–Trinajstić information content (AvgIpc) is 3.03. The SMILES string of the molecule is CN1/C(=C\C=N\Nc2ccc(S(=O)(=O)Nc3ccc(Cl)cc3)cc2[N+](=O)[O-])C(C)(C)c2ccccc21. The third-order valence-electron chi connectivity index (χ3n) is 6.01. The highest BCUT2D eigenvalue weighted by molar-refractivity contribution is 7.92. The van der Waals surface area contributed by atoms with Crippen LogP contribution in [0, 0.1) is 10.1 Å². The fraction of sp³-hybridized carbons (Fsp3) is 0.160. The number of allylic oxidation sites excluding steroid dienone is 2. The zero-order valence-electron chi connectivity index (χ0n) is 19.8. The van der Waals surface area contributed by atoms with Crippen LogP contribution >= 0.6 is 11.6 Å². The average molecular weight is 526 g/mol. The Kier molecular flexibility index (Phi) is 6.75. The quantitative estimate of drug-likeness (QED) is 0.230. The first-order chi connectivity index (χ1) is 17.0. The van der Waals surface area contributed by atoms with Gasteiger partial charge in [0.25, 0.3) is 15.7 Å². The van der Waals surface area contributed by atoms with Crippen LogP contribution in [0.1, 0.15) is 19.4 Å². The Morgan fingerprint density at radius 3 is 2.44 bits per heavy atom. The second-order valence-corrected chi connectivity index (χ2v) is 10.8. The molecule has 1 heterocycles. The molecule has 36 heavy (non-hydrogen) atoms. The molecule has 2 N–H and O–H groups in total. The van der Waals surface area contributed by atoms with E-state index >= 15 is 0 Å². The lowest BCUT2D eigenvalue weighted by molar-refractivity contribution is -0.384. The molecule has 3 aromatic carbocycles.